The van der Waals surface area contributed by atoms with Crippen LogP contribution in [-0.4, -0.2) is 9.97 Å². The van der Waals surface area contributed by atoms with E-state index in [9.17, 15) is 9.18 Å². The number of aromatic amines is 2. The minimum absolute atomic E-state index is 0.155. The van der Waals surface area contributed by atoms with Gasteiger partial charge in [-0.15, -0.1) is 0 Å². The summed E-state index contributed by atoms with van der Waals surface area (Å²) >= 11 is 6.85. The van der Waals surface area contributed by atoms with E-state index < -0.39 is 0 Å². The fourth-order valence-electron chi connectivity index (χ4n) is 2.12. The van der Waals surface area contributed by atoms with E-state index >= 15 is 0 Å². The lowest BCUT2D eigenvalue weighted by Gasteiger charge is -2.11. The largest absolute Gasteiger partial charge is 0.323 e. The van der Waals surface area contributed by atoms with Crippen LogP contribution in [0.25, 0.3) is 11.0 Å². The molecule has 0 radical (unpaired) electrons. The molecule has 1 unspecified atom stereocenters. The van der Waals surface area contributed by atoms with Gasteiger partial charge in [0.15, 0.2) is 0 Å². The summed E-state index contributed by atoms with van der Waals surface area (Å²) in [6, 6.07) is 10.3. The number of fused-ring (bicyclic) bond motifs is 1. The Bertz CT molecular complexity index is 820. The molecule has 0 saturated heterocycles. The highest BCUT2D eigenvalue weighted by Gasteiger charge is 2.13. The maximum atomic E-state index is 13.5. The predicted molar refractivity (Wildman–Crippen MR) is 83.8 cm³/mol. The SMILES string of the molecule is O=c1[nH]c2ccc(C(Br)c3cc(F)cc(Br)c3)cc2[nH]1. The number of benzene rings is 2. The highest BCUT2D eigenvalue weighted by Crippen LogP contribution is 2.33. The van der Waals surface area contributed by atoms with Crippen LogP contribution in [0.15, 0.2) is 45.7 Å². The number of H-pyrrole nitrogens is 2. The van der Waals surface area contributed by atoms with Gasteiger partial charge < -0.3 is 9.97 Å². The molecule has 1 atom stereocenters. The molecule has 0 bridgehead atoms. The average Bonchev–Trinajstić information content (AvgIpc) is 2.75. The molecule has 3 rings (SSSR count). The minimum Gasteiger partial charge on any atom is -0.306 e. The van der Waals surface area contributed by atoms with E-state index in [4.69, 9.17) is 0 Å². The molecule has 3 aromatic rings. The molecule has 3 nitrogen and oxygen atoms in total. The van der Waals surface area contributed by atoms with Crippen LogP contribution in [0.4, 0.5) is 4.39 Å². The molecule has 0 amide bonds. The fraction of sp³-hybridized carbons (Fsp3) is 0.0714. The first-order valence-corrected chi connectivity index (χ1v) is 7.56. The topological polar surface area (TPSA) is 48.6 Å². The molecule has 20 heavy (non-hydrogen) atoms. The molecule has 1 heterocycles. The van der Waals surface area contributed by atoms with Gasteiger partial charge in [0, 0.05) is 4.47 Å². The standard InChI is InChI=1S/C14H9Br2FN2O/c15-9-3-8(4-10(17)6-9)13(16)7-1-2-11-12(5-7)19-14(20)18-11/h1-6,13H,(H2,18,19,20). The van der Waals surface area contributed by atoms with Crippen LogP contribution >= 0.6 is 31.9 Å². The number of nitrogens with one attached hydrogen (secondary N) is 2. The van der Waals surface area contributed by atoms with E-state index in [1.807, 2.05) is 24.3 Å². The van der Waals surface area contributed by atoms with Crippen molar-refractivity contribution >= 4 is 42.9 Å². The second-order valence-electron chi connectivity index (χ2n) is 4.45. The third-order valence-corrected chi connectivity index (χ3v) is 4.53. The van der Waals surface area contributed by atoms with Crippen molar-refractivity contribution in [3.63, 3.8) is 0 Å². The van der Waals surface area contributed by atoms with Crippen LogP contribution in [0, 0.1) is 5.82 Å². The first kappa shape index (κ1) is 13.6. The molecule has 0 aliphatic heterocycles. The van der Waals surface area contributed by atoms with Gasteiger partial charge in [-0.1, -0.05) is 37.9 Å². The Morgan fingerprint density at radius 2 is 1.75 bits per heavy atom. The number of halogens is 3. The van der Waals surface area contributed by atoms with Crippen molar-refractivity contribution in [3.8, 4) is 0 Å². The lowest BCUT2D eigenvalue weighted by Crippen LogP contribution is -1.99. The Morgan fingerprint density at radius 1 is 1.00 bits per heavy atom. The second-order valence-corrected chi connectivity index (χ2v) is 6.28. The number of hydrogen-bond donors (Lipinski definition) is 2. The average molecular weight is 400 g/mol. The zero-order chi connectivity index (χ0) is 14.3. The van der Waals surface area contributed by atoms with Gasteiger partial charge in [-0.3, -0.25) is 0 Å². The van der Waals surface area contributed by atoms with Gasteiger partial charge in [-0.2, -0.15) is 0 Å². The summed E-state index contributed by atoms with van der Waals surface area (Å²) in [7, 11) is 0. The van der Waals surface area contributed by atoms with Crippen molar-refractivity contribution in [1.29, 1.82) is 0 Å². The Morgan fingerprint density at radius 3 is 2.50 bits per heavy atom. The monoisotopic (exact) mass is 398 g/mol. The van der Waals surface area contributed by atoms with Gasteiger partial charge in [0.2, 0.25) is 0 Å². The second kappa shape index (κ2) is 5.18. The van der Waals surface area contributed by atoms with E-state index in [2.05, 4.69) is 41.8 Å². The van der Waals surface area contributed by atoms with Gasteiger partial charge in [-0.05, 0) is 41.5 Å². The van der Waals surface area contributed by atoms with Crippen molar-refractivity contribution < 1.29 is 4.39 Å². The van der Waals surface area contributed by atoms with Crippen molar-refractivity contribution in [2.45, 2.75) is 4.83 Å². The van der Waals surface area contributed by atoms with E-state index in [0.29, 0.717) is 4.47 Å². The number of alkyl halides is 1. The molecule has 102 valence electrons. The molecule has 2 aromatic carbocycles. The van der Waals surface area contributed by atoms with Crippen LogP contribution in [0.2, 0.25) is 0 Å². The van der Waals surface area contributed by atoms with E-state index in [0.717, 1.165) is 22.2 Å². The summed E-state index contributed by atoms with van der Waals surface area (Å²) < 4.78 is 14.1. The molecule has 0 aliphatic carbocycles. The first-order chi connectivity index (χ1) is 9.52. The van der Waals surface area contributed by atoms with Crippen molar-refractivity contribution in [1.82, 2.24) is 9.97 Å². The van der Waals surface area contributed by atoms with Gasteiger partial charge >= 0.3 is 5.69 Å². The van der Waals surface area contributed by atoms with Gasteiger partial charge in [0.1, 0.15) is 5.82 Å². The molecule has 6 heteroatoms. The summed E-state index contributed by atoms with van der Waals surface area (Å²) in [6.45, 7) is 0. The molecule has 0 aliphatic rings. The van der Waals surface area contributed by atoms with Crippen molar-refractivity contribution in [2.24, 2.45) is 0 Å². The molecule has 0 spiro atoms. The van der Waals surface area contributed by atoms with E-state index in [1.165, 1.54) is 12.1 Å². The fourth-order valence-corrected chi connectivity index (χ4v) is 3.15. The lowest BCUT2D eigenvalue weighted by atomic mass is 10.0. The van der Waals surface area contributed by atoms with Gasteiger partial charge in [0.05, 0.1) is 15.9 Å². The van der Waals surface area contributed by atoms with Crippen LogP contribution in [-0.2, 0) is 0 Å². The molecular formula is C14H9Br2FN2O. The first-order valence-electron chi connectivity index (χ1n) is 5.85. The maximum Gasteiger partial charge on any atom is 0.323 e. The predicted octanol–water partition coefficient (Wildman–Crippen LogP) is 4.24. The Balaban J connectivity index is 2.06. The molecule has 1 aromatic heterocycles. The normalized spacial score (nSPS) is 12.8. The quantitative estimate of drug-likeness (QED) is 0.622. The maximum absolute atomic E-state index is 13.5. The zero-order valence-electron chi connectivity index (χ0n) is 10.1. The third kappa shape index (κ3) is 2.58. The number of hydrogen-bond acceptors (Lipinski definition) is 1. The Kier molecular flexibility index (Phi) is 3.52. The van der Waals surface area contributed by atoms with Crippen LogP contribution in [0.1, 0.15) is 16.0 Å². The minimum atomic E-state index is -0.296. The smallest absolute Gasteiger partial charge is 0.306 e. The van der Waals surface area contributed by atoms with E-state index in [1.54, 1.807) is 0 Å². The highest BCUT2D eigenvalue weighted by atomic mass is 79.9. The summed E-state index contributed by atoms with van der Waals surface area (Å²) in [5.41, 5.74) is 2.97. The van der Waals surface area contributed by atoms with Crippen molar-refractivity contribution in [3.05, 3.63) is 68.3 Å². The van der Waals surface area contributed by atoms with Gasteiger partial charge in [0.25, 0.3) is 0 Å². The van der Waals surface area contributed by atoms with Crippen LogP contribution < -0.4 is 5.69 Å². The Hall–Kier alpha value is -1.40. The van der Waals surface area contributed by atoms with Crippen LogP contribution in [0.5, 0.6) is 0 Å². The lowest BCUT2D eigenvalue weighted by molar-refractivity contribution is 0.625. The third-order valence-electron chi connectivity index (χ3n) is 3.01. The molecule has 0 fully saturated rings. The van der Waals surface area contributed by atoms with Crippen molar-refractivity contribution in [2.75, 3.05) is 0 Å². The number of imidazole rings is 1. The molecule has 2 N–H and O–H groups in total. The Labute approximate surface area is 130 Å². The van der Waals surface area contributed by atoms with E-state index in [-0.39, 0.29) is 16.3 Å². The summed E-state index contributed by atoms with van der Waals surface area (Å²) in [6.07, 6.45) is 0. The number of rotatable bonds is 2. The summed E-state index contributed by atoms with van der Waals surface area (Å²) in [5.74, 6) is -0.296. The molecular weight excluding hydrogens is 391 g/mol. The number of aromatic nitrogens is 2. The summed E-state index contributed by atoms with van der Waals surface area (Å²) in [4.78, 5) is 16.5. The molecule has 0 saturated carbocycles. The highest BCUT2D eigenvalue weighted by molar-refractivity contribution is 9.10. The zero-order valence-corrected chi connectivity index (χ0v) is 13.3. The van der Waals surface area contributed by atoms with Gasteiger partial charge in [-0.25, -0.2) is 9.18 Å². The van der Waals surface area contributed by atoms with Crippen LogP contribution in [0.3, 0.4) is 0 Å². The summed E-state index contributed by atoms with van der Waals surface area (Å²) in [5, 5.41) is 0.